The minimum absolute atomic E-state index is 0.196. The molecular weight excluding hydrogens is 410 g/mol. The molecule has 2 aromatic rings. The fraction of sp³-hybridized carbons (Fsp3) is 0.476. The highest BCUT2D eigenvalue weighted by Crippen LogP contribution is 2.41. The number of aliphatic hydroxyl groups is 1. The number of pyridine rings is 2. The van der Waals surface area contributed by atoms with Crippen LogP contribution in [0.3, 0.4) is 0 Å². The molecule has 8 heteroatoms. The average molecular weight is 434 g/mol. The second-order valence-corrected chi connectivity index (χ2v) is 9.31. The fourth-order valence-corrected chi connectivity index (χ4v) is 4.47. The molecule has 0 saturated carbocycles. The van der Waals surface area contributed by atoms with E-state index in [9.17, 15) is 5.11 Å². The van der Waals surface area contributed by atoms with Gasteiger partial charge in [0.15, 0.2) is 11.3 Å². The molecule has 6 nitrogen and oxygen atoms in total. The molecule has 0 aromatic carbocycles. The molecule has 0 radical (unpaired) electrons. The zero-order chi connectivity index (χ0) is 20.4. The van der Waals surface area contributed by atoms with Crippen LogP contribution in [0.15, 0.2) is 46.7 Å². The molecule has 1 fully saturated rings. The molecule has 2 unspecified atom stereocenters. The van der Waals surface area contributed by atoms with Crippen LogP contribution in [0.1, 0.15) is 44.0 Å². The standard InChI is InChI=1S/C21H24ClN3O3S/c1-21(2,26)16-5-3-14(11-23-16)18-20(29-17-6-4-15(22)12-24-17)28-19(25-18)13-7-9-27-10-8-13/h3-6,11-13,18,20,26H,7-10H2,1-2H3. The Balaban J connectivity index is 1.59. The number of hydrogen-bond donors (Lipinski definition) is 1. The first-order valence-electron chi connectivity index (χ1n) is 9.69. The Labute approximate surface area is 179 Å². The Kier molecular flexibility index (Phi) is 6.11. The Morgan fingerprint density at radius 2 is 1.90 bits per heavy atom. The second kappa shape index (κ2) is 8.60. The van der Waals surface area contributed by atoms with Crippen LogP contribution < -0.4 is 0 Å². The highest BCUT2D eigenvalue weighted by Gasteiger charge is 2.37. The van der Waals surface area contributed by atoms with Gasteiger partial charge in [-0.2, -0.15) is 0 Å². The summed E-state index contributed by atoms with van der Waals surface area (Å²) in [6.07, 6.45) is 5.24. The summed E-state index contributed by atoms with van der Waals surface area (Å²) in [4.78, 5) is 13.8. The molecular formula is C21H24ClN3O3S. The van der Waals surface area contributed by atoms with E-state index < -0.39 is 5.60 Å². The van der Waals surface area contributed by atoms with Crippen molar-refractivity contribution in [2.45, 2.75) is 48.8 Å². The van der Waals surface area contributed by atoms with Crippen molar-refractivity contribution in [3.05, 3.63) is 52.9 Å². The number of ether oxygens (including phenoxy) is 2. The number of aromatic nitrogens is 2. The van der Waals surface area contributed by atoms with Crippen LogP contribution in [0.5, 0.6) is 0 Å². The van der Waals surface area contributed by atoms with E-state index in [-0.39, 0.29) is 17.4 Å². The van der Waals surface area contributed by atoms with E-state index in [0.717, 1.165) is 42.5 Å². The predicted molar refractivity (Wildman–Crippen MR) is 113 cm³/mol. The van der Waals surface area contributed by atoms with E-state index >= 15 is 0 Å². The van der Waals surface area contributed by atoms with E-state index in [1.54, 1.807) is 26.2 Å². The van der Waals surface area contributed by atoms with E-state index in [4.69, 9.17) is 26.1 Å². The first kappa shape index (κ1) is 20.6. The molecule has 0 amide bonds. The van der Waals surface area contributed by atoms with Gasteiger partial charge in [-0.25, -0.2) is 9.98 Å². The van der Waals surface area contributed by atoms with Gasteiger partial charge >= 0.3 is 0 Å². The van der Waals surface area contributed by atoms with Crippen molar-refractivity contribution in [2.75, 3.05) is 13.2 Å². The number of rotatable bonds is 5. The summed E-state index contributed by atoms with van der Waals surface area (Å²) in [7, 11) is 0. The molecule has 4 heterocycles. The lowest BCUT2D eigenvalue weighted by molar-refractivity contribution is 0.0737. The van der Waals surface area contributed by atoms with Crippen LogP contribution in [0, 0.1) is 5.92 Å². The maximum atomic E-state index is 10.2. The SMILES string of the molecule is CC(C)(O)c1ccc(C2N=C(C3CCOCC3)OC2Sc2ccc(Cl)cn2)cn1. The molecule has 2 aliphatic rings. The minimum atomic E-state index is -0.984. The molecule has 4 rings (SSSR count). The monoisotopic (exact) mass is 433 g/mol. The lowest BCUT2D eigenvalue weighted by atomic mass is 10.0. The van der Waals surface area contributed by atoms with Gasteiger partial charge in [-0.3, -0.25) is 4.98 Å². The van der Waals surface area contributed by atoms with Gasteiger partial charge in [0.2, 0.25) is 0 Å². The van der Waals surface area contributed by atoms with Gasteiger partial charge in [0.1, 0.15) is 11.6 Å². The van der Waals surface area contributed by atoms with Crippen LogP contribution in [0.2, 0.25) is 5.02 Å². The van der Waals surface area contributed by atoms with Crippen molar-refractivity contribution < 1.29 is 14.6 Å². The summed E-state index contributed by atoms with van der Waals surface area (Å²) < 4.78 is 11.8. The maximum Gasteiger partial charge on any atom is 0.188 e. The van der Waals surface area contributed by atoms with E-state index in [1.165, 1.54) is 11.8 Å². The number of thioether (sulfide) groups is 1. The summed E-state index contributed by atoms with van der Waals surface area (Å²) in [6, 6.07) is 7.32. The average Bonchev–Trinajstić information content (AvgIpc) is 3.14. The quantitative estimate of drug-likeness (QED) is 0.754. The third-order valence-electron chi connectivity index (χ3n) is 5.02. The largest absolute Gasteiger partial charge is 0.464 e. The molecule has 0 aliphatic carbocycles. The van der Waals surface area contributed by atoms with Gasteiger partial charge in [-0.15, -0.1) is 0 Å². The van der Waals surface area contributed by atoms with Crippen LogP contribution in [0.4, 0.5) is 0 Å². The Morgan fingerprint density at radius 1 is 1.10 bits per heavy atom. The van der Waals surface area contributed by atoms with Gasteiger partial charge in [-0.05, 0) is 50.5 Å². The Hall–Kier alpha value is -1.67. The van der Waals surface area contributed by atoms with Crippen LogP contribution >= 0.6 is 23.4 Å². The smallest absolute Gasteiger partial charge is 0.188 e. The maximum absolute atomic E-state index is 10.2. The lowest BCUT2D eigenvalue weighted by Crippen LogP contribution is -2.25. The molecule has 1 N–H and O–H groups in total. The number of hydrogen-bond acceptors (Lipinski definition) is 7. The van der Waals surface area contributed by atoms with Gasteiger partial charge in [0, 0.05) is 31.5 Å². The predicted octanol–water partition coefficient (Wildman–Crippen LogP) is 4.37. The van der Waals surface area contributed by atoms with Crippen molar-refractivity contribution in [3.63, 3.8) is 0 Å². The highest BCUT2D eigenvalue weighted by atomic mass is 35.5. The molecule has 2 atom stereocenters. The third-order valence-corrected chi connectivity index (χ3v) is 6.32. The van der Waals surface area contributed by atoms with Crippen molar-refractivity contribution in [2.24, 2.45) is 10.9 Å². The first-order chi connectivity index (χ1) is 13.9. The summed E-state index contributed by atoms with van der Waals surface area (Å²) >= 11 is 7.49. The molecule has 2 aliphatic heterocycles. The van der Waals surface area contributed by atoms with Gasteiger partial charge < -0.3 is 14.6 Å². The zero-order valence-corrected chi connectivity index (χ0v) is 18.0. The van der Waals surface area contributed by atoms with E-state index in [2.05, 4.69) is 9.97 Å². The van der Waals surface area contributed by atoms with Gasteiger partial charge in [0.05, 0.1) is 15.7 Å². The van der Waals surface area contributed by atoms with Crippen LogP contribution in [0.25, 0.3) is 0 Å². The molecule has 2 aromatic heterocycles. The van der Waals surface area contributed by atoms with Crippen molar-refractivity contribution in [1.29, 1.82) is 0 Å². The number of aliphatic imine (C=N–C) groups is 1. The molecule has 0 spiro atoms. The van der Waals surface area contributed by atoms with Crippen LogP contribution in [-0.4, -0.2) is 39.6 Å². The van der Waals surface area contributed by atoms with Gasteiger partial charge in [0.25, 0.3) is 0 Å². The van der Waals surface area contributed by atoms with E-state index in [1.807, 2.05) is 24.3 Å². The Bertz CT molecular complexity index is 862. The molecule has 1 saturated heterocycles. The fourth-order valence-electron chi connectivity index (χ4n) is 3.37. The summed E-state index contributed by atoms with van der Waals surface area (Å²) in [5, 5.41) is 11.6. The van der Waals surface area contributed by atoms with Crippen molar-refractivity contribution in [1.82, 2.24) is 9.97 Å². The topological polar surface area (TPSA) is 76.8 Å². The zero-order valence-electron chi connectivity index (χ0n) is 16.4. The van der Waals surface area contributed by atoms with Gasteiger partial charge in [-0.1, -0.05) is 29.4 Å². The molecule has 154 valence electrons. The van der Waals surface area contributed by atoms with Crippen LogP contribution in [-0.2, 0) is 15.1 Å². The Morgan fingerprint density at radius 3 is 2.52 bits per heavy atom. The second-order valence-electron chi connectivity index (χ2n) is 7.75. The summed E-state index contributed by atoms with van der Waals surface area (Å²) in [5.74, 6) is 1.06. The highest BCUT2D eigenvalue weighted by molar-refractivity contribution is 7.99. The number of nitrogens with zero attached hydrogens (tertiary/aromatic N) is 3. The summed E-state index contributed by atoms with van der Waals surface area (Å²) in [6.45, 7) is 4.91. The normalized spacial score (nSPS) is 23.0. The molecule has 0 bridgehead atoms. The lowest BCUT2D eigenvalue weighted by Gasteiger charge is -2.22. The molecule has 29 heavy (non-hydrogen) atoms. The minimum Gasteiger partial charge on any atom is -0.464 e. The summed E-state index contributed by atoms with van der Waals surface area (Å²) in [5.41, 5.74) is 0.350. The van der Waals surface area contributed by atoms with Crippen molar-refractivity contribution >= 4 is 29.3 Å². The third kappa shape index (κ3) is 4.91. The van der Waals surface area contributed by atoms with Crippen molar-refractivity contribution in [3.8, 4) is 0 Å². The number of halogens is 1. The van der Waals surface area contributed by atoms with E-state index in [0.29, 0.717) is 10.7 Å². The first-order valence-corrected chi connectivity index (χ1v) is 10.9.